The number of carbonyl (C=O) groups is 1. The summed E-state index contributed by atoms with van der Waals surface area (Å²) in [6.07, 6.45) is 1.61. The van der Waals surface area contributed by atoms with Crippen LogP contribution in [0.3, 0.4) is 0 Å². The number of benzene rings is 3. The van der Waals surface area contributed by atoms with Crippen molar-refractivity contribution in [3.63, 3.8) is 0 Å². The average molecular weight is 458 g/mol. The van der Waals surface area contributed by atoms with Crippen molar-refractivity contribution < 1.29 is 9.53 Å². The maximum atomic E-state index is 12.3. The predicted molar refractivity (Wildman–Crippen MR) is 131 cm³/mol. The van der Waals surface area contributed by atoms with Gasteiger partial charge >= 0.3 is 0 Å². The van der Waals surface area contributed by atoms with Crippen molar-refractivity contribution in [2.45, 2.75) is 12.1 Å². The minimum atomic E-state index is -0.228. The molecular weight excluding hydrogens is 434 g/mol. The summed E-state index contributed by atoms with van der Waals surface area (Å²) in [5.74, 6) is 1.38. The van der Waals surface area contributed by atoms with Crippen LogP contribution in [0.4, 0.5) is 0 Å². The van der Waals surface area contributed by atoms with E-state index in [0.29, 0.717) is 11.0 Å². The van der Waals surface area contributed by atoms with Crippen LogP contribution in [0.1, 0.15) is 11.1 Å². The van der Waals surface area contributed by atoms with E-state index in [1.807, 2.05) is 90.4 Å². The molecule has 4 rings (SSSR count). The summed E-state index contributed by atoms with van der Waals surface area (Å²) in [6, 6.07) is 25.3. The average Bonchev–Trinajstić information content (AvgIpc) is 3.28. The van der Waals surface area contributed by atoms with Crippen LogP contribution in [-0.4, -0.2) is 39.7 Å². The Morgan fingerprint density at radius 3 is 2.45 bits per heavy atom. The van der Waals surface area contributed by atoms with E-state index in [-0.39, 0.29) is 11.7 Å². The number of aryl methyl sites for hydroxylation is 1. The van der Waals surface area contributed by atoms with Crippen LogP contribution in [0, 0.1) is 6.92 Å². The Morgan fingerprint density at radius 2 is 1.76 bits per heavy atom. The zero-order chi connectivity index (χ0) is 23.0. The Kier molecular flexibility index (Phi) is 7.16. The number of methoxy groups -OCH3 is 1. The molecule has 0 unspecified atom stereocenters. The van der Waals surface area contributed by atoms with Gasteiger partial charge in [0.05, 0.1) is 19.1 Å². The molecule has 0 aliphatic carbocycles. The molecule has 33 heavy (non-hydrogen) atoms. The molecule has 0 atom stereocenters. The number of nitrogens with one attached hydrogen (secondary N) is 1. The van der Waals surface area contributed by atoms with Gasteiger partial charge in [-0.1, -0.05) is 71.9 Å². The fourth-order valence-electron chi connectivity index (χ4n) is 3.10. The lowest BCUT2D eigenvalue weighted by atomic mass is 10.1. The van der Waals surface area contributed by atoms with Crippen LogP contribution in [0.25, 0.3) is 17.1 Å². The van der Waals surface area contributed by atoms with E-state index in [2.05, 4.69) is 20.7 Å². The highest BCUT2D eigenvalue weighted by molar-refractivity contribution is 7.99. The Balaban J connectivity index is 1.53. The second-order valence-electron chi connectivity index (χ2n) is 7.20. The number of hydrazone groups is 1. The monoisotopic (exact) mass is 457 g/mol. The second-order valence-corrected chi connectivity index (χ2v) is 8.14. The quantitative estimate of drug-likeness (QED) is 0.239. The number of ether oxygens (including phenoxy) is 1. The molecule has 0 saturated carbocycles. The van der Waals surface area contributed by atoms with Gasteiger partial charge in [-0.05, 0) is 36.8 Å². The third-order valence-electron chi connectivity index (χ3n) is 4.81. The first-order valence-corrected chi connectivity index (χ1v) is 11.3. The first-order valence-electron chi connectivity index (χ1n) is 10.3. The smallest absolute Gasteiger partial charge is 0.250 e. The van der Waals surface area contributed by atoms with E-state index in [4.69, 9.17) is 4.74 Å². The summed E-state index contributed by atoms with van der Waals surface area (Å²) >= 11 is 1.30. The van der Waals surface area contributed by atoms with E-state index >= 15 is 0 Å². The van der Waals surface area contributed by atoms with Crippen LogP contribution in [0.15, 0.2) is 89.1 Å². The summed E-state index contributed by atoms with van der Waals surface area (Å²) in [5, 5.41) is 13.4. The second kappa shape index (κ2) is 10.6. The van der Waals surface area contributed by atoms with Crippen LogP contribution in [-0.2, 0) is 4.79 Å². The zero-order valence-corrected chi connectivity index (χ0v) is 19.1. The largest absolute Gasteiger partial charge is 0.497 e. The zero-order valence-electron chi connectivity index (χ0n) is 18.3. The molecule has 1 N–H and O–H groups in total. The molecule has 7 nitrogen and oxygen atoms in total. The molecule has 3 aromatic carbocycles. The van der Waals surface area contributed by atoms with Crippen molar-refractivity contribution in [1.82, 2.24) is 20.2 Å². The minimum Gasteiger partial charge on any atom is -0.497 e. The van der Waals surface area contributed by atoms with E-state index in [1.54, 1.807) is 13.3 Å². The summed E-state index contributed by atoms with van der Waals surface area (Å²) in [4.78, 5) is 12.3. The van der Waals surface area contributed by atoms with Crippen molar-refractivity contribution in [2.24, 2.45) is 5.10 Å². The Hall–Kier alpha value is -3.91. The van der Waals surface area contributed by atoms with Crippen molar-refractivity contribution in [1.29, 1.82) is 0 Å². The van der Waals surface area contributed by atoms with Gasteiger partial charge in [-0.3, -0.25) is 9.36 Å². The maximum Gasteiger partial charge on any atom is 0.250 e. The molecule has 0 spiro atoms. The van der Waals surface area contributed by atoms with Crippen molar-refractivity contribution in [2.75, 3.05) is 12.9 Å². The lowest BCUT2D eigenvalue weighted by Crippen LogP contribution is -2.20. The number of hydrogen-bond acceptors (Lipinski definition) is 6. The molecule has 0 aliphatic heterocycles. The molecule has 0 aliphatic rings. The standard InChI is InChI=1S/C25H23N5O2S/c1-18-8-10-20(11-9-18)24-28-29-25(30(24)21-12-14-22(32-2)15-13-21)33-17-23(31)27-26-16-19-6-4-3-5-7-19/h3-16H,17H2,1-2H3,(H,27,31)/b26-16+. The van der Waals surface area contributed by atoms with Gasteiger partial charge < -0.3 is 4.74 Å². The number of aromatic nitrogens is 3. The van der Waals surface area contributed by atoms with Crippen LogP contribution in [0.2, 0.25) is 0 Å². The third kappa shape index (κ3) is 5.67. The molecule has 4 aromatic rings. The highest BCUT2D eigenvalue weighted by Gasteiger charge is 2.17. The van der Waals surface area contributed by atoms with Crippen LogP contribution >= 0.6 is 11.8 Å². The summed E-state index contributed by atoms with van der Waals surface area (Å²) in [5.41, 5.74) is 6.44. The van der Waals surface area contributed by atoms with Gasteiger partial charge in [0.15, 0.2) is 11.0 Å². The fraction of sp³-hybridized carbons (Fsp3) is 0.120. The van der Waals surface area contributed by atoms with Gasteiger partial charge in [0.1, 0.15) is 5.75 Å². The molecule has 0 radical (unpaired) electrons. The Labute approximate surface area is 196 Å². The molecule has 8 heteroatoms. The number of rotatable bonds is 8. The first kappa shape index (κ1) is 22.3. The number of hydrogen-bond donors (Lipinski definition) is 1. The fourth-order valence-corrected chi connectivity index (χ4v) is 3.84. The maximum absolute atomic E-state index is 12.3. The summed E-state index contributed by atoms with van der Waals surface area (Å²) < 4.78 is 7.22. The molecule has 0 fully saturated rings. The number of thioether (sulfide) groups is 1. The van der Waals surface area contributed by atoms with Gasteiger partial charge in [-0.15, -0.1) is 10.2 Å². The topological polar surface area (TPSA) is 81.4 Å². The Morgan fingerprint density at radius 1 is 1.03 bits per heavy atom. The number of amides is 1. The van der Waals surface area contributed by atoms with Crippen molar-refractivity contribution in [3.05, 3.63) is 90.0 Å². The van der Waals surface area contributed by atoms with E-state index in [0.717, 1.165) is 28.1 Å². The summed E-state index contributed by atoms with van der Waals surface area (Å²) in [7, 11) is 1.63. The van der Waals surface area contributed by atoms with Gasteiger partial charge in [0.25, 0.3) is 5.91 Å². The normalized spacial score (nSPS) is 11.0. The Bertz CT molecular complexity index is 1240. The molecule has 1 heterocycles. The predicted octanol–water partition coefficient (Wildman–Crippen LogP) is 4.49. The highest BCUT2D eigenvalue weighted by atomic mass is 32.2. The molecule has 0 saturated heterocycles. The van der Waals surface area contributed by atoms with Crippen LogP contribution in [0.5, 0.6) is 5.75 Å². The molecule has 0 bridgehead atoms. The lowest BCUT2D eigenvalue weighted by molar-refractivity contribution is -0.118. The molecule has 1 aromatic heterocycles. The van der Waals surface area contributed by atoms with Gasteiger partial charge in [-0.25, -0.2) is 5.43 Å². The highest BCUT2D eigenvalue weighted by Crippen LogP contribution is 2.29. The van der Waals surface area contributed by atoms with Gasteiger partial charge in [0, 0.05) is 11.3 Å². The van der Waals surface area contributed by atoms with Crippen LogP contribution < -0.4 is 10.2 Å². The molecular formula is C25H23N5O2S. The lowest BCUT2D eigenvalue weighted by Gasteiger charge is -2.11. The summed E-state index contributed by atoms with van der Waals surface area (Å²) in [6.45, 7) is 2.04. The number of nitrogens with zero attached hydrogens (tertiary/aromatic N) is 4. The SMILES string of the molecule is COc1ccc(-n2c(SCC(=O)N/N=C/c3ccccc3)nnc2-c2ccc(C)cc2)cc1. The van der Waals surface area contributed by atoms with Gasteiger partial charge in [0.2, 0.25) is 0 Å². The number of carbonyl (C=O) groups excluding carboxylic acids is 1. The van der Waals surface area contributed by atoms with E-state index in [9.17, 15) is 4.79 Å². The van der Waals surface area contributed by atoms with E-state index in [1.165, 1.54) is 11.8 Å². The van der Waals surface area contributed by atoms with Crippen molar-refractivity contribution >= 4 is 23.9 Å². The molecule has 1 amide bonds. The first-order chi connectivity index (χ1) is 16.1. The van der Waals surface area contributed by atoms with Crippen molar-refractivity contribution in [3.8, 4) is 22.8 Å². The molecule has 166 valence electrons. The van der Waals surface area contributed by atoms with Gasteiger partial charge in [-0.2, -0.15) is 5.10 Å². The minimum absolute atomic E-state index is 0.147. The van der Waals surface area contributed by atoms with E-state index < -0.39 is 0 Å². The third-order valence-corrected chi connectivity index (χ3v) is 5.74.